The topological polar surface area (TPSA) is 15.3 Å². The molecule has 0 aliphatic rings. The van der Waals surface area contributed by atoms with E-state index in [-0.39, 0.29) is 0 Å². The second kappa shape index (κ2) is 12.3. The van der Waals surface area contributed by atoms with E-state index in [0.717, 1.165) is 34.1 Å². The SMILES string of the molecule is Cc1ccc(N(c2ccccc2)c2ccc3c4cccc5c6cc7c(cc6n(c3c2)c45)c2cccc3c4ccc(N(c5ccccc5)c5ccc(C)cc5)cc4n7c32)cc1. The highest BCUT2D eigenvalue weighted by Crippen LogP contribution is 2.47. The summed E-state index contributed by atoms with van der Waals surface area (Å²) in [6.07, 6.45) is 0. The van der Waals surface area contributed by atoms with E-state index in [9.17, 15) is 0 Å². The first-order valence-corrected chi connectivity index (χ1v) is 20.8. The predicted molar refractivity (Wildman–Crippen MR) is 255 cm³/mol. The Morgan fingerprint density at radius 1 is 0.267 bits per heavy atom. The normalized spacial score (nSPS) is 12.2. The lowest BCUT2D eigenvalue weighted by molar-refractivity contribution is 1.27. The van der Waals surface area contributed by atoms with Gasteiger partial charge in [0.05, 0.1) is 33.1 Å². The van der Waals surface area contributed by atoms with Gasteiger partial charge in [0.25, 0.3) is 0 Å². The third-order valence-corrected chi connectivity index (χ3v) is 12.8. The Morgan fingerprint density at radius 3 is 1.00 bits per heavy atom. The van der Waals surface area contributed by atoms with Crippen molar-refractivity contribution in [2.75, 3.05) is 9.80 Å². The summed E-state index contributed by atoms with van der Waals surface area (Å²) in [6, 6.07) is 71.7. The number of hydrogen-bond acceptors (Lipinski definition) is 2. The van der Waals surface area contributed by atoms with Gasteiger partial charge in [0.1, 0.15) is 0 Å². The minimum atomic E-state index is 1.13. The van der Waals surface area contributed by atoms with Crippen molar-refractivity contribution in [1.82, 2.24) is 8.80 Å². The molecule has 9 aromatic carbocycles. The van der Waals surface area contributed by atoms with Crippen molar-refractivity contribution in [3.8, 4) is 0 Å². The molecule has 0 atom stereocenters. The fraction of sp³-hybridized carbons (Fsp3) is 0.0357. The van der Waals surface area contributed by atoms with Crippen molar-refractivity contribution in [1.29, 1.82) is 0 Å². The standard InChI is InChI=1S/C56H38N4/c1-35-19-23-39(24-20-35)57(37-11-5-3-6-12-37)41-27-29-43-45-15-9-17-47-49-34-54-50(33-53(49)59(55(45)47)51(43)31-41)48-18-10-16-46-44-30-28-42(32-52(44)60(54)56(46)48)58(38-13-7-4-8-14-38)40-25-21-36(2)22-26-40/h3-34H,1-2H3. The summed E-state index contributed by atoms with van der Waals surface area (Å²) in [6.45, 7) is 4.29. The van der Waals surface area contributed by atoms with Gasteiger partial charge < -0.3 is 18.6 Å². The fourth-order valence-corrected chi connectivity index (χ4v) is 10.1. The lowest BCUT2D eigenvalue weighted by Crippen LogP contribution is -2.09. The van der Waals surface area contributed by atoms with Crippen LogP contribution in [0.15, 0.2) is 194 Å². The number of hydrogen-bond donors (Lipinski definition) is 0. The molecule has 0 aliphatic carbocycles. The van der Waals surface area contributed by atoms with E-state index in [0.29, 0.717) is 0 Å². The van der Waals surface area contributed by atoms with Gasteiger partial charge in [-0.1, -0.05) is 120 Å². The largest absolute Gasteiger partial charge is 0.310 e. The van der Waals surface area contributed by atoms with Crippen LogP contribution in [0.3, 0.4) is 0 Å². The molecule has 0 unspecified atom stereocenters. The van der Waals surface area contributed by atoms with Crippen LogP contribution in [0.2, 0.25) is 0 Å². The minimum Gasteiger partial charge on any atom is -0.310 e. The Bertz CT molecular complexity index is 3520. The number of aryl methyl sites for hydroxylation is 2. The number of anilines is 6. The molecular weight excluding hydrogens is 729 g/mol. The number of rotatable bonds is 6. The predicted octanol–water partition coefficient (Wildman–Crippen LogP) is 15.5. The zero-order valence-electron chi connectivity index (χ0n) is 33.3. The van der Waals surface area contributed by atoms with E-state index >= 15 is 0 Å². The van der Waals surface area contributed by atoms with Crippen molar-refractivity contribution in [2.45, 2.75) is 13.8 Å². The van der Waals surface area contributed by atoms with E-state index in [4.69, 9.17) is 0 Å². The van der Waals surface area contributed by atoms with Crippen molar-refractivity contribution in [2.24, 2.45) is 0 Å². The smallest absolute Gasteiger partial charge is 0.0620 e. The van der Waals surface area contributed by atoms with Gasteiger partial charge in [-0.15, -0.1) is 0 Å². The zero-order valence-corrected chi connectivity index (χ0v) is 33.3. The first kappa shape index (κ1) is 33.2. The maximum atomic E-state index is 2.53. The second-order valence-electron chi connectivity index (χ2n) is 16.4. The van der Waals surface area contributed by atoms with Gasteiger partial charge in [-0.25, -0.2) is 0 Å². The molecule has 0 N–H and O–H groups in total. The highest BCUT2D eigenvalue weighted by atomic mass is 15.1. The third-order valence-electron chi connectivity index (χ3n) is 12.8. The number of nitrogens with zero attached hydrogens (tertiary/aromatic N) is 4. The maximum Gasteiger partial charge on any atom is 0.0620 e. The van der Waals surface area contributed by atoms with Crippen LogP contribution in [0.5, 0.6) is 0 Å². The van der Waals surface area contributed by atoms with Gasteiger partial charge in [0.15, 0.2) is 0 Å². The molecule has 60 heavy (non-hydrogen) atoms. The number of para-hydroxylation sites is 4. The molecule has 0 saturated carbocycles. The molecule has 4 nitrogen and oxygen atoms in total. The number of benzene rings is 9. The molecule has 0 radical (unpaired) electrons. The molecule has 0 bridgehead atoms. The monoisotopic (exact) mass is 766 g/mol. The molecule has 0 aliphatic heterocycles. The van der Waals surface area contributed by atoms with Crippen LogP contribution >= 0.6 is 0 Å². The summed E-state index contributed by atoms with van der Waals surface area (Å²) in [5, 5.41) is 10.2. The summed E-state index contributed by atoms with van der Waals surface area (Å²) in [7, 11) is 0. The van der Waals surface area contributed by atoms with Crippen molar-refractivity contribution in [3.63, 3.8) is 0 Å². The summed E-state index contributed by atoms with van der Waals surface area (Å²) >= 11 is 0. The molecule has 13 rings (SSSR count). The van der Waals surface area contributed by atoms with Crippen molar-refractivity contribution >= 4 is 110 Å². The Labute approximate surface area is 346 Å². The molecular formula is C56H38N4. The quantitative estimate of drug-likeness (QED) is 0.167. The average molecular weight is 767 g/mol. The van der Waals surface area contributed by atoms with Crippen molar-refractivity contribution in [3.05, 3.63) is 205 Å². The molecule has 4 aromatic heterocycles. The highest BCUT2D eigenvalue weighted by Gasteiger charge is 2.24. The van der Waals surface area contributed by atoms with E-state index in [1.807, 2.05) is 0 Å². The van der Waals surface area contributed by atoms with Gasteiger partial charge in [0.2, 0.25) is 0 Å². The summed E-state index contributed by atoms with van der Waals surface area (Å²) in [5.74, 6) is 0. The Kier molecular flexibility index (Phi) is 6.83. The number of aromatic nitrogens is 2. The fourth-order valence-electron chi connectivity index (χ4n) is 10.1. The van der Waals surface area contributed by atoms with Crippen LogP contribution in [-0.4, -0.2) is 8.80 Å². The van der Waals surface area contributed by atoms with Gasteiger partial charge in [0, 0.05) is 77.2 Å². The van der Waals surface area contributed by atoms with E-state index < -0.39 is 0 Å². The van der Waals surface area contributed by atoms with Crippen LogP contribution in [-0.2, 0) is 0 Å². The maximum absolute atomic E-state index is 2.53. The molecule has 4 heterocycles. The minimum absolute atomic E-state index is 1.13. The van der Waals surface area contributed by atoms with E-state index in [1.165, 1.54) is 87.3 Å². The van der Waals surface area contributed by atoms with Crippen molar-refractivity contribution < 1.29 is 0 Å². The highest BCUT2D eigenvalue weighted by molar-refractivity contribution is 6.29. The second-order valence-corrected chi connectivity index (χ2v) is 16.4. The average Bonchev–Trinajstić information content (AvgIpc) is 4.01. The van der Waals surface area contributed by atoms with E-state index in [1.54, 1.807) is 0 Å². The zero-order chi connectivity index (χ0) is 39.6. The van der Waals surface area contributed by atoms with Gasteiger partial charge in [-0.2, -0.15) is 0 Å². The lowest BCUT2D eigenvalue weighted by Gasteiger charge is -2.25. The van der Waals surface area contributed by atoms with E-state index in [2.05, 4.69) is 227 Å². The van der Waals surface area contributed by atoms with Gasteiger partial charge >= 0.3 is 0 Å². The van der Waals surface area contributed by atoms with Crippen LogP contribution in [0.1, 0.15) is 11.1 Å². The number of fused-ring (bicyclic) bond motifs is 12. The summed E-state index contributed by atoms with van der Waals surface area (Å²) < 4.78 is 5.06. The molecule has 0 saturated heterocycles. The molecule has 13 aromatic rings. The molecule has 0 fully saturated rings. The Balaban J connectivity index is 1.07. The van der Waals surface area contributed by atoms with Crippen LogP contribution in [0.4, 0.5) is 34.1 Å². The summed E-state index contributed by atoms with van der Waals surface area (Å²) in [4.78, 5) is 4.74. The Hall–Kier alpha value is -7.82. The molecule has 4 heteroatoms. The van der Waals surface area contributed by atoms with Gasteiger partial charge in [-0.05, 0) is 98.8 Å². The third kappa shape index (κ3) is 4.61. The molecule has 282 valence electrons. The first-order valence-electron chi connectivity index (χ1n) is 20.8. The van der Waals surface area contributed by atoms with Gasteiger partial charge in [-0.3, -0.25) is 0 Å². The van der Waals surface area contributed by atoms with Crippen LogP contribution in [0, 0.1) is 13.8 Å². The lowest BCUT2D eigenvalue weighted by atomic mass is 10.0. The first-order chi connectivity index (χ1) is 29.6. The van der Waals surface area contributed by atoms with Crippen LogP contribution < -0.4 is 9.80 Å². The van der Waals surface area contributed by atoms with Crippen LogP contribution in [0.25, 0.3) is 76.2 Å². The molecule has 0 spiro atoms. The summed E-state index contributed by atoms with van der Waals surface area (Å²) in [5.41, 5.74) is 16.7. The molecule has 0 amide bonds. The Morgan fingerprint density at radius 2 is 0.600 bits per heavy atom.